The van der Waals surface area contributed by atoms with Crippen LogP contribution in [0.5, 0.6) is 0 Å². The van der Waals surface area contributed by atoms with Gasteiger partial charge in [0.25, 0.3) is 0 Å². The normalized spacial score (nSPS) is 37.0. The fourth-order valence-electron chi connectivity index (χ4n) is 8.68. The minimum Gasteiger partial charge on any atom is -0.504 e. The Morgan fingerprint density at radius 3 is 2.36 bits per heavy atom. The molecule has 2 N–H and O–H groups in total. The summed E-state index contributed by atoms with van der Waals surface area (Å²) in [5.74, 6) is -2.57. The van der Waals surface area contributed by atoms with Gasteiger partial charge in [0.1, 0.15) is 12.2 Å². The number of piperazine rings is 1. The number of nitrogens with zero attached hydrogens (tertiary/aromatic N) is 3. The molecule has 12 nitrogen and oxygen atoms in total. The van der Waals surface area contributed by atoms with Crippen molar-refractivity contribution in [3.05, 3.63) is 34.3 Å². The Morgan fingerprint density at radius 2 is 1.71 bits per heavy atom. The zero-order chi connectivity index (χ0) is 32.1. The maximum absolute atomic E-state index is 14.2. The Labute approximate surface area is 264 Å². The standard InChI is InChI=1S/C33H47N3O9/c1-20(37)44-23-17-32(2)22(5-6-24(32)38)26-28(23)33(3)25(19-42-4)45-31(41)21(27(33)30(40)29(26)39)18-36-11-9-34(10-12-36)7-8-35-13-15-43-16-14-35/h18,22-25,38,40H,5-17,19H2,1-4H3/b21-18-. The molecule has 0 aromatic carbocycles. The van der Waals surface area contributed by atoms with Gasteiger partial charge in [0, 0.05) is 89.2 Å². The van der Waals surface area contributed by atoms with Crippen LogP contribution in [0.25, 0.3) is 0 Å². The molecule has 6 rings (SSSR count). The second-order valence-electron chi connectivity index (χ2n) is 13.8. The number of esters is 2. The first-order valence-corrected chi connectivity index (χ1v) is 16.3. The van der Waals surface area contributed by atoms with Crippen LogP contribution in [0.15, 0.2) is 34.3 Å². The van der Waals surface area contributed by atoms with Crippen LogP contribution in [-0.2, 0) is 33.3 Å². The topological polar surface area (TPSA) is 138 Å². The number of morpholine rings is 1. The van der Waals surface area contributed by atoms with Crippen LogP contribution < -0.4 is 0 Å². The minimum absolute atomic E-state index is 0.0104. The van der Waals surface area contributed by atoms with E-state index in [1.165, 1.54) is 14.0 Å². The molecule has 3 aliphatic heterocycles. The molecule has 0 aromatic rings. The number of hydrogen-bond donors (Lipinski definition) is 2. The second kappa shape index (κ2) is 12.4. The monoisotopic (exact) mass is 629 g/mol. The van der Waals surface area contributed by atoms with Gasteiger partial charge in [0.2, 0.25) is 5.78 Å². The number of hydrogen-bond acceptors (Lipinski definition) is 12. The van der Waals surface area contributed by atoms with Gasteiger partial charge in [0.15, 0.2) is 5.76 Å². The fraction of sp³-hybridized carbons (Fsp3) is 0.727. The predicted octanol–water partition coefficient (Wildman–Crippen LogP) is 1.20. The van der Waals surface area contributed by atoms with Gasteiger partial charge < -0.3 is 34.1 Å². The predicted molar refractivity (Wildman–Crippen MR) is 162 cm³/mol. The molecular formula is C33H47N3O9. The van der Waals surface area contributed by atoms with Crippen molar-refractivity contribution >= 4 is 17.7 Å². The molecule has 45 heavy (non-hydrogen) atoms. The summed E-state index contributed by atoms with van der Waals surface area (Å²) in [6, 6.07) is 0. The fourth-order valence-corrected chi connectivity index (χ4v) is 8.68. The summed E-state index contributed by atoms with van der Waals surface area (Å²) in [7, 11) is 1.50. The van der Waals surface area contributed by atoms with E-state index in [1.807, 2.05) is 18.7 Å². The third-order valence-electron chi connectivity index (χ3n) is 11.2. The highest BCUT2D eigenvalue weighted by atomic mass is 16.6. The molecule has 3 saturated heterocycles. The first kappa shape index (κ1) is 32.2. The van der Waals surface area contributed by atoms with Gasteiger partial charge in [-0.05, 0) is 37.7 Å². The van der Waals surface area contributed by atoms with Gasteiger partial charge in [0.05, 0.1) is 36.9 Å². The van der Waals surface area contributed by atoms with Crippen molar-refractivity contribution in [3.63, 3.8) is 0 Å². The van der Waals surface area contributed by atoms with Crippen molar-refractivity contribution in [2.45, 2.75) is 58.3 Å². The zero-order valence-electron chi connectivity index (χ0n) is 26.9. The van der Waals surface area contributed by atoms with Crippen LogP contribution in [-0.4, -0.2) is 140 Å². The van der Waals surface area contributed by atoms with Gasteiger partial charge >= 0.3 is 11.9 Å². The Hall–Kier alpha value is -2.77. The second-order valence-corrected chi connectivity index (χ2v) is 13.8. The van der Waals surface area contributed by atoms with Crippen LogP contribution in [0, 0.1) is 16.7 Å². The van der Waals surface area contributed by atoms with Crippen molar-refractivity contribution in [1.29, 1.82) is 0 Å². The molecule has 4 fully saturated rings. The van der Waals surface area contributed by atoms with Crippen LogP contribution in [0.1, 0.15) is 40.0 Å². The van der Waals surface area contributed by atoms with Crippen LogP contribution in [0.3, 0.4) is 0 Å². The number of aliphatic hydroxyl groups is 2. The molecule has 6 unspecified atom stereocenters. The zero-order valence-corrected chi connectivity index (χ0v) is 26.9. The Bertz CT molecular complexity index is 1310. The molecule has 6 atom stereocenters. The maximum atomic E-state index is 14.2. The molecule has 248 valence electrons. The molecule has 3 heterocycles. The molecule has 0 bridgehead atoms. The summed E-state index contributed by atoms with van der Waals surface area (Å²) < 4.78 is 22.9. The third kappa shape index (κ3) is 5.52. The number of fused-ring (bicyclic) bond motifs is 4. The van der Waals surface area contributed by atoms with E-state index in [2.05, 4.69) is 9.80 Å². The maximum Gasteiger partial charge on any atom is 0.340 e. The first-order valence-electron chi connectivity index (χ1n) is 16.3. The Kier molecular flexibility index (Phi) is 8.90. The van der Waals surface area contributed by atoms with Crippen molar-refractivity contribution < 1.29 is 43.5 Å². The van der Waals surface area contributed by atoms with E-state index in [0.29, 0.717) is 43.5 Å². The number of rotatable bonds is 7. The van der Waals surface area contributed by atoms with Crippen molar-refractivity contribution in [3.8, 4) is 0 Å². The number of methoxy groups -OCH3 is 1. The highest BCUT2D eigenvalue weighted by Gasteiger charge is 2.64. The lowest BCUT2D eigenvalue weighted by atomic mass is 9.53. The highest BCUT2D eigenvalue weighted by Crippen LogP contribution is 2.63. The van der Waals surface area contributed by atoms with Gasteiger partial charge in [-0.1, -0.05) is 6.92 Å². The Balaban J connectivity index is 1.34. The molecule has 1 saturated carbocycles. The number of ketones is 1. The van der Waals surface area contributed by atoms with Gasteiger partial charge in [-0.2, -0.15) is 0 Å². The number of Topliss-reactive ketones (excluding diaryl/α,β-unsaturated/α-hetero) is 1. The molecule has 0 radical (unpaired) electrons. The van der Waals surface area contributed by atoms with Gasteiger partial charge in [-0.15, -0.1) is 0 Å². The summed E-state index contributed by atoms with van der Waals surface area (Å²) in [6.45, 7) is 13.4. The number of cyclic esters (lactones) is 1. The number of aliphatic hydroxyl groups excluding tert-OH is 2. The van der Waals surface area contributed by atoms with Crippen molar-refractivity contribution in [2.75, 3.05) is 79.3 Å². The molecular weight excluding hydrogens is 582 g/mol. The number of ether oxygens (including phenoxy) is 4. The lowest BCUT2D eigenvalue weighted by Crippen LogP contribution is -2.57. The SMILES string of the molecule is COCC1OC(=O)/C(=C\N2CCN(CCN3CCOCC3)CC2)C2=C(O)C(=O)C3=C(C(OC(C)=O)CC4(C)C(O)CCC34)C21C. The average molecular weight is 630 g/mol. The number of allylic oxidation sites excluding steroid dienone is 1. The lowest BCUT2D eigenvalue weighted by Gasteiger charge is -2.54. The van der Waals surface area contributed by atoms with Crippen molar-refractivity contribution in [1.82, 2.24) is 14.7 Å². The van der Waals surface area contributed by atoms with E-state index in [9.17, 15) is 24.6 Å². The quantitative estimate of drug-likeness (QED) is 0.309. The van der Waals surface area contributed by atoms with Gasteiger partial charge in [-0.25, -0.2) is 4.79 Å². The van der Waals surface area contributed by atoms with Crippen LogP contribution >= 0.6 is 0 Å². The largest absolute Gasteiger partial charge is 0.504 e. The summed E-state index contributed by atoms with van der Waals surface area (Å²) in [5.41, 5.74) is -0.699. The number of carbonyl (C=O) groups excluding carboxylic acids is 3. The van der Waals surface area contributed by atoms with Crippen LogP contribution in [0.4, 0.5) is 0 Å². The molecule has 0 aromatic heterocycles. The van der Waals surface area contributed by atoms with Gasteiger partial charge in [-0.3, -0.25) is 19.4 Å². The minimum atomic E-state index is -1.21. The molecule has 6 aliphatic rings. The van der Waals surface area contributed by atoms with E-state index in [-0.39, 0.29) is 23.7 Å². The van der Waals surface area contributed by atoms with Crippen molar-refractivity contribution in [2.24, 2.45) is 16.7 Å². The van der Waals surface area contributed by atoms with E-state index < -0.39 is 52.6 Å². The molecule has 0 amide bonds. The van der Waals surface area contributed by atoms with E-state index >= 15 is 0 Å². The summed E-state index contributed by atoms with van der Waals surface area (Å²) in [6.07, 6.45) is 0.662. The molecule has 0 spiro atoms. The first-order chi connectivity index (χ1) is 21.5. The van der Waals surface area contributed by atoms with E-state index in [0.717, 1.165) is 52.5 Å². The third-order valence-corrected chi connectivity index (χ3v) is 11.2. The molecule has 12 heteroatoms. The molecule has 3 aliphatic carbocycles. The lowest BCUT2D eigenvalue weighted by molar-refractivity contribution is -0.161. The average Bonchev–Trinajstić information content (AvgIpc) is 3.31. The summed E-state index contributed by atoms with van der Waals surface area (Å²) in [5, 5.41) is 22.8. The van der Waals surface area contributed by atoms with Crippen LogP contribution in [0.2, 0.25) is 0 Å². The smallest absolute Gasteiger partial charge is 0.340 e. The van der Waals surface area contributed by atoms with E-state index in [1.54, 1.807) is 6.20 Å². The summed E-state index contributed by atoms with van der Waals surface area (Å²) >= 11 is 0. The van der Waals surface area contributed by atoms with E-state index in [4.69, 9.17) is 18.9 Å². The number of carbonyl (C=O) groups is 3. The highest BCUT2D eigenvalue weighted by molar-refractivity contribution is 6.13. The summed E-state index contributed by atoms with van der Waals surface area (Å²) in [4.78, 5) is 47.1. The Morgan fingerprint density at radius 1 is 1.04 bits per heavy atom.